The number of ether oxygens (including phenoxy) is 1. The maximum atomic E-state index is 11.4. The smallest absolute Gasteiger partial charge is 0.350 e. The lowest BCUT2D eigenvalue weighted by molar-refractivity contribution is 0.163. The summed E-state index contributed by atoms with van der Waals surface area (Å²) in [7, 11) is -4.13. The molecule has 0 amide bonds. The highest BCUT2D eigenvalue weighted by molar-refractivity contribution is 7.51. The summed E-state index contributed by atoms with van der Waals surface area (Å²) in [6.07, 6.45) is 0.696. The number of rotatable bonds is 5. The molecule has 0 unspecified atom stereocenters. The summed E-state index contributed by atoms with van der Waals surface area (Å²) < 4.78 is 15.4. The summed E-state index contributed by atoms with van der Waals surface area (Å²) in [5.41, 5.74) is 0.145. The Labute approximate surface area is 102 Å². The molecule has 0 saturated heterocycles. The van der Waals surface area contributed by atoms with Crippen LogP contribution in [-0.4, -0.2) is 45.9 Å². The van der Waals surface area contributed by atoms with Crippen molar-refractivity contribution >= 4 is 19.1 Å². The number of H-pyrrole nitrogens is 1. The zero-order valence-corrected chi connectivity index (χ0v) is 10.3. The van der Waals surface area contributed by atoms with Crippen LogP contribution >= 0.6 is 7.60 Å². The molecule has 1 aromatic heterocycles. The van der Waals surface area contributed by atoms with Gasteiger partial charge in [0.05, 0.1) is 19.6 Å². The Morgan fingerprint density at radius 1 is 1.56 bits per heavy atom. The summed E-state index contributed by atoms with van der Waals surface area (Å²) >= 11 is 0. The quantitative estimate of drug-likeness (QED) is 0.403. The Kier molecular flexibility index (Phi) is 3.67. The van der Waals surface area contributed by atoms with Crippen LogP contribution < -0.4 is 15.8 Å². The van der Waals surface area contributed by atoms with E-state index in [1.54, 1.807) is 4.90 Å². The van der Waals surface area contributed by atoms with Crippen LogP contribution in [0.5, 0.6) is 0 Å². The minimum absolute atomic E-state index is 0.140. The van der Waals surface area contributed by atoms with Gasteiger partial charge < -0.3 is 29.7 Å². The predicted octanol–water partition coefficient (Wildman–Crippen LogP) is -0.889. The lowest BCUT2D eigenvalue weighted by atomic mass is 10.4. The average molecular weight is 276 g/mol. The van der Waals surface area contributed by atoms with Gasteiger partial charge in [-0.2, -0.15) is 0 Å². The first kappa shape index (κ1) is 13.0. The van der Waals surface area contributed by atoms with Crippen molar-refractivity contribution in [1.29, 1.82) is 0 Å². The van der Waals surface area contributed by atoms with Crippen molar-refractivity contribution in [3.8, 4) is 0 Å². The SMILES string of the molecule is O=c1[nH]cnc2c1NCN2CCOCP(=O)(O)O. The molecular weight excluding hydrogens is 263 g/mol. The van der Waals surface area contributed by atoms with E-state index in [2.05, 4.69) is 15.3 Å². The Morgan fingerprint density at radius 2 is 2.33 bits per heavy atom. The van der Waals surface area contributed by atoms with E-state index >= 15 is 0 Å². The third-order valence-corrected chi connectivity index (χ3v) is 2.86. The zero-order chi connectivity index (χ0) is 13.2. The van der Waals surface area contributed by atoms with Crippen molar-refractivity contribution in [1.82, 2.24) is 9.97 Å². The molecule has 1 aliphatic rings. The van der Waals surface area contributed by atoms with Crippen molar-refractivity contribution in [3.05, 3.63) is 16.7 Å². The minimum atomic E-state index is -4.13. The highest BCUT2D eigenvalue weighted by Gasteiger charge is 2.22. The first-order valence-electron chi connectivity index (χ1n) is 5.16. The highest BCUT2D eigenvalue weighted by Crippen LogP contribution is 2.33. The van der Waals surface area contributed by atoms with Gasteiger partial charge in [-0.05, 0) is 0 Å². The molecule has 1 aromatic rings. The van der Waals surface area contributed by atoms with Crippen molar-refractivity contribution < 1.29 is 19.1 Å². The van der Waals surface area contributed by atoms with Crippen molar-refractivity contribution in [3.63, 3.8) is 0 Å². The van der Waals surface area contributed by atoms with Crippen LogP contribution in [0.3, 0.4) is 0 Å². The largest absolute Gasteiger partial charge is 0.367 e. The van der Waals surface area contributed by atoms with E-state index in [0.29, 0.717) is 24.7 Å². The number of aromatic nitrogens is 2. The van der Waals surface area contributed by atoms with Crippen LogP contribution in [0.1, 0.15) is 0 Å². The van der Waals surface area contributed by atoms with Crippen molar-refractivity contribution in [2.45, 2.75) is 0 Å². The van der Waals surface area contributed by atoms with E-state index in [0.717, 1.165) is 0 Å². The molecule has 0 bridgehead atoms. The number of aromatic amines is 1. The fourth-order valence-electron chi connectivity index (χ4n) is 1.58. The van der Waals surface area contributed by atoms with Crippen LogP contribution in [-0.2, 0) is 9.30 Å². The lowest BCUT2D eigenvalue weighted by Crippen LogP contribution is -2.27. The number of hydrogen-bond acceptors (Lipinski definition) is 6. The first-order valence-corrected chi connectivity index (χ1v) is 6.96. The average Bonchev–Trinajstić information content (AvgIpc) is 2.68. The summed E-state index contributed by atoms with van der Waals surface area (Å²) in [6.45, 7) is 0.936. The van der Waals surface area contributed by atoms with Gasteiger partial charge in [0, 0.05) is 6.54 Å². The van der Waals surface area contributed by atoms with Crippen LogP contribution in [0, 0.1) is 0 Å². The summed E-state index contributed by atoms with van der Waals surface area (Å²) in [5.74, 6) is 0.513. The van der Waals surface area contributed by atoms with Gasteiger partial charge in [0.25, 0.3) is 5.56 Å². The topological polar surface area (TPSA) is 128 Å². The number of hydrogen-bond donors (Lipinski definition) is 4. The molecule has 0 spiro atoms. The zero-order valence-electron chi connectivity index (χ0n) is 9.37. The normalized spacial score (nSPS) is 14.4. The molecule has 0 atom stereocenters. The van der Waals surface area contributed by atoms with Crippen LogP contribution in [0.4, 0.5) is 11.5 Å². The molecular formula is C8H13N4O5P. The van der Waals surface area contributed by atoms with Crippen LogP contribution in [0.25, 0.3) is 0 Å². The predicted molar refractivity (Wildman–Crippen MR) is 63.6 cm³/mol. The number of fused-ring (bicyclic) bond motifs is 1. The second-order valence-corrected chi connectivity index (χ2v) is 5.32. The van der Waals surface area contributed by atoms with Crippen molar-refractivity contribution in [2.24, 2.45) is 0 Å². The molecule has 100 valence electrons. The molecule has 0 aliphatic carbocycles. The fourth-order valence-corrected chi connectivity index (χ4v) is 1.95. The number of nitrogens with one attached hydrogen (secondary N) is 2. The molecule has 0 aromatic carbocycles. The molecule has 9 nitrogen and oxygen atoms in total. The number of anilines is 2. The van der Waals surface area contributed by atoms with Gasteiger partial charge in [-0.3, -0.25) is 9.36 Å². The summed E-state index contributed by atoms with van der Waals surface area (Å²) in [6, 6.07) is 0. The summed E-state index contributed by atoms with van der Waals surface area (Å²) in [4.78, 5) is 36.8. The lowest BCUT2D eigenvalue weighted by Gasteiger charge is -2.16. The van der Waals surface area contributed by atoms with E-state index in [9.17, 15) is 9.36 Å². The third kappa shape index (κ3) is 3.08. The van der Waals surface area contributed by atoms with Gasteiger partial charge in [-0.25, -0.2) is 4.98 Å². The second kappa shape index (κ2) is 5.07. The molecule has 1 aliphatic heterocycles. The molecule has 0 radical (unpaired) electrons. The molecule has 18 heavy (non-hydrogen) atoms. The van der Waals surface area contributed by atoms with E-state index < -0.39 is 13.9 Å². The molecule has 10 heteroatoms. The van der Waals surface area contributed by atoms with E-state index in [1.807, 2.05) is 0 Å². The Bertz CT molecular complexity index is 526. The third-order valence-electron chi connectivity index (χ3n) is 2.34. The fraction of sp³-hybridized carbons (Fsp3) is 0.500. The standard InChI is InChI=1S/C8H13N4O5P/c13-8-6-7(9-3-10-8)12(4-11-6)1-2-17-5-18(14,15)16/h3,11H,1-2,4-5H2,(H,9,10,13)(H2,14,15,16). The Hall–Kier alpha value is -1.41. The first-order chi connectivity index (χ1) is 8.47. The van der Waals surface area contributed by atoms with Gasteiger partial charge in [0.15, 0.2) is 5.82 Å². The summed E-state index contributed by atoms with van der Waals surface area (Å²) in [5, 5.41) is 2.89. The number of nitrogens with zero attached hydrogens (tertiary/aromatic N) is 2. The van der Waals surface area contributed by atoms with Gasteiger partial charge in [-0.1, -0.05) is 0 Å². The molecule has 0 saturated carbocycles. The molecule has 2 heterocycles. The maximum Gasteiger partial charge on any atom is 0.350 e. The molecule has 2 rings (SSSR count). The highest BCUT2D eigenvalue weighted by atomic mass is 31.2. The van der Waals surface area contributed by atoms with E-state index in [-0.39, 0.29) is 12.2 Å². The minimum Gasteiger partial charge on any atom is -0.367 e. The van der Waals surface area contributed by atoms with Gasteiger partial charge in [0.2, 0.25) is 0 Å². The van der Waals surface area contributed by atoms with Crippen molar-refractivity contribution in [2.75, 3.05) is 36.4 Å². The van der Waals surface area contributed by atoms with E-state index in [4.69, 9.17) is 14.5 Å². The monoisotopic (exact) mass is 276 g/mol. The van der Waals surface area contributed by atoms with Gasteiger partial charge in [0.1, 0.15) is 12.0 Å². The van der Waals surface area contributed by atoms with E-state index in [1.165, 1.54) is 6.33 Å². The van der Waals surface area contributed by atoms with Gasteiger partial charge in [-0.15, -0.1) is 0 Å². The maximum absolute atomic E-state index is 11.4. The van der Waals surface area contributed by atoms with Crippen LogP contribution in [0.2, 0.25) is 0 Å². The molecule has 4 N–H and O–H groups in total. The van der Waals surface area contributed by atoms with Crippen LogP contribution in [0.15, 0.2) is 11.1 Å². The Morgan fingerprint density at radius 3 is 3.06 bits per heavy atom. The Balaban J connectivity index is 1.89. The molecule has 0 fully saturated rings. The second-order valence-electron chi connectivity index (χ2n) is 3.73. The van der Waals surface area contributed by atoms with Gasteiger partial charge >= 0.3 is 7.60 Å².